The minimum atomic E-state index is -1.19. The van der Waals surface area contributed by atoms with Crippen LogP contribution >= 0.6 is 23.2 Å². The van der Waals surface area contributed by atoms with Crippen molar-refractivity contribution >= 4 is 63.0 Å². The second kappa shape index (κ2) is 11.8. The molecule has 12 heteroatoms. The highest BCUT2D eigenvalue weighted by molar-refractivity contribution is 6.40. The number of pyridine rings is 1. The fourth-order valence-electron chi connectivity index (χ4n) is 4.51. The number of hydrogen-bond acceptors (Lipinski definition) is 7. The van der Waals surface area contributed by atoms with Crippen molar-refractivity contribution in [3.63, 3.8) is 0 Å². The molecule has 10 nitrogen and oxygen atoms in total. The fourth-order valence-corrected chi connectivity index (χ4v) is 5.05. The predicted octanol–water partition coefficient (Wildman–Crippen LogP) is 4.48. The molecule has 41 heavy (non-hydrogen) atoms. The molecule has 2 aromatic heterocycles. The third-order valence-electron chi connectivity index (χ3n) is 6.63. The van der Waals surface area contributed by atoms with E-state index in [1.165, 1.54) is 12.4 Å². The second-order valence-corrected chi connectivity index (χ2v) is 10.1. The lowest BCUT2D eigenvalue weighted by atomic mass is 10.0. The summed E-state index contributed by atoms with van der Waals surface area (Å²) in [7, 11) is 0. The lowest BCUT2D eigenvalue weighted by Gasteiger charge is -2.20. The molecule has 1 atom stereocenters. The van der Waals surface area contributed by atoms with E-state index in [1.807, 2.05) is 30.5 Å². The molecule has 0 saturated carbocycles. The van der Waals surface area contributed by atoms with Gasteiger partial charge >= 0.3 is 5.97 Å². The Labute approximate surface area is 243 Å². The molecule has 2 heterocycles. The van der Waals surface area contributed by atoms with Gasteiger partial charge in [0.25, 0.3) is 16.8 Å². The Hall–Kier alpha value is -4.67. The topological polar surface area (TPSA) is 153 Å². The Bertz CT molecular complexity index is 1810. The summed E-state index contributed by atoms with van der Waals surface area (Å²) >= 11 is 12.1. The Balaban J connectivity index is 1.22. The quantitative estimate of drug-likeness (QED) is 0.141. The van der Waals surface area contributed by atoms with Gasteiger partial charge in [0.05, 0.1) is 15.6 Å². The first-order chi connectivity index (χ1) is 19.7. The maximum atomic E-state index is 12.6. The molecule has 0 aliphatic heterocycles. The molecule has 0 aliphatic rings. The summed E-state index contributed by atoms with van der Waals surface area (Å²) in [5.41, 5.74) is 1.77. The number of carbonyl (C=O) groups excluding carboxylic acids is 1. The number of halogens is 2. The number of fused-ring (bicyclic) bond motifs is 1. The van der Waals surface area contributed by atoms with Crippen molar-refractivity contribution in [1.82, 2.24) is 9.97 Å². The third-order valence-corrected chi connectivity index (χ3v) is 7.20. The first-order valence-corrected chi connectivity index (χ1v) is 13.3. The average Bonchev–Trinajstić information content (AvgIpc) is 3.37. The van der Waals surface area contributed by atoms with Crippen LogP contribution in [0.5, 0.6) is 0 Å². The van der Waals surface area contributed by atoms with Crippen LogP contribution in [0.3, 0.4) is 0 Å². The number of nitrogens with zero attached hydrogens (tertiary/aromatic N) is 1. The molecule has 0 saturated heterocycles. The van der Waals surface area contributed by atoms with Crippen LogP contribution < -0.4 is 26.8 Å². The van der Waals surface area contributed by atoms with E-state index >= 15 is 0 Å². The number of aliphatic carboxylic acids is 1. The zero-order valence-corrected chi connectivity index (χ0v) is 22.8. The van der Waals surface area contributed by atoms with Crippen molar-refractivity contribution in [2.24, 2.45) is 0 Å². The SMILES string of the molecule is O=C(Nc1ccc(C[C@H](Nc2c(NCCc3c[nH]c4ccccc34)c(=O)c2=O)C(=O)O)cc1)c1c(Cl)cncc1Cl. The maximum absolute atomic E-state index is 12.6. The molecule has 3 aromatic carbocycles. The van der Waals surface area contributed by atoms with Gasteiger partial charge in [0.1, 0.15) is 17.4 Å². The van der Waals surface area contributed by atoms with Crippen molar-refractivity contribution in [2.45, 2.75) is 18.9 Å². The largest absolute Gasteiger partial charge is 0.480 e. The molecule has 208 valence electrons. The molecule has 0 unspecified atom stereocenters. The standard InChI is InChI=1S/C29H23Cl2N5O5/c30-19-13-32-14-20(31)23(19)28(39)35-17-7-5-15(6-8-17)11-22(29(40)41)36-25-24(26(37)27(25)38)33-10-9-16-12-34-21-4-2-1-3-18(16)21/h1-8,12-14,22,33-34,36H,9-11H2,(H,35,39)(H,40,41)/t22-/m0/s1. The average molecular weight is 592 g/mol. The first-order valence-electron chi connectivity index (χ1n) is 12.5. The third kappa shape index (κ3) is 5.93. The first kappa shape index (κ1) is 27.9. The van der Waals surface area contributed by atoms with Crippen LogP contribution in [0.25, 0.3) is 10.9 Å². The smallest absolute Gasteiger partial charge is 0.326 e. The zero-order chi connectivity index (χ0) is 29.1. The van der Waals surface area contributed by atoms with E-state index in [1.54, 1.807) is 24.3 Å². The van der Waals surface area contributed by atoms with Gasteiger partial charge in [-0.25, -0.2) is 4.79 Å². The monoisotopic (exact) mass is 591 g/mol. The number of nitrogens with one attached hydrogen (secondary N) is 4. The van der Waals surface area contributed by atoms with Gasteiger partial charge in [0.2, 0.25) is 0 Å². The van der Waals surface area contributed by atoms with E-state index in [0.717, 1.165) is 16.5 Å². The summed E-state index contributed by atoms with van der Waals surface area (Å²) in [5.74, 6) is -1.72. The van der Waals surface area contributed by atoms with Crippen LogP contribution in [0.4, 0.5) is 17.1 Å². The number of amides is 1. The van der Waals surface area contributed by atoms with E-state index in [4.69, 9.17) is 23.2 Å². The summed E-state index contributed by atoms with van der Waals surface area (Å²) < 4.78 is 0. The summed E-state index contributed by atoms with van der Waals surface area (Å²) in [5, 5.41) is 19.5. The van der Waals surface area contributed by atoms with Gasteiger partial charge in [-0.2, -0.15) is 0 Å². The molecular weight excluding hydrogens is 569 g/mol. The van der Waals surface area contributed by atoms with Gasteiger partial charge in [-0.1, -0.05) is 53.5 Å². The van der Waals surface area contributed by atoms with Crippen molar-refractivity contribution in [2.75, 3.05) is 22.5 Å². The Morgan fingerprint density at radius 3 is 2.34 bits per heavy atom. The molecule has 1 amide bonds. The lowest BCUT2D eigenvalue weighted by Crippen LogP contribution is -2.42. The highest BCUT2D eigenvalue weighted by Gasteiger charge is 2.27. The molecule has 5 N–H and O–H groups in total. The van der Waals surface area contributed by atoms with Crippen molar-refractivity contribution in [3.8, 4) is 0 Å². The Kier molecular flexibility index (Phi) is 8.04. The number of carboxylic acids is 1. The number of anilines is 3. The van der Waals surface area contributed by atoms with Crippen LogP contribution in [0.15, 0.2) is 76.7 Å². The molecule has 5 aromatic rings. The number of aromatic nitrogens is 2. The summed E-state index contributed by atoms with van der Waals surface area (Å²) in [6.07, 6.45) is 5.12. The number of hydrogen-bond donors (Lipinski definition) is 5. The van der Waals surface area contributed by atoms with E-state index in [-0.39, 0.29) is 33.4 Å². The minimum Gasteiger partial charge on any atom is -0.480 e. The van der Waals surface area contributed by atoms with Crippen LogP contribution in [0, 0.1) is 0 Å². The molecular formula is C29H23Cl2N5O5. The number of carboxylic acid groups (broad SMARTS) is 1. The molecule has 0 radical (unpaired) electrons. The van der Waals surface area contributed by atoms with E-state index in [9.17, 15) is 24.3 Å². The number of para-hydroxylation sites is 1. The van der Waals surface area contributed by atoms with Gasteiger partial charge in [-0.15, -0.1) is 0 Å². The van der Waals surface area contributed by atoms with Crippen LogP contribution in [0.2, 0.25) is 10.0 Å². The molecule has 5 rings (SSSR count). The highest BCUT2D eigenvalue weighted by atomic mass is 35.5. The zero-order valence-electron chi connectivity index (χ0n) is 21.3. The van der Waals surface area contributed by atoms with Crippen LogP contribution in [0.1, 0.15) is 21.5 Å². The summed E-state index contributed by atoms with van der Waals surface area (Å²) in [6, 6.07) is 13.2. The fraction of sp³-hybridized carbons (Fsp3) is 0.138. The van der Waals surface area contributed by atoms with Crippen molar-refractivity contribution in [1.29, 1.82) is 0 Å². The van der Waals surface area contributed by atoms with Crippen molar-refractivity contribution < 1.29 is 14.7 Å². The normalized spacial score (nSPS) is 11.9. The van der Waals surface area contributed by atoms with Gasteiger partial charge in [0.15, 0.2) is 0 Å². The minimum absolute atomic E-state index is 0.0131. The van der Waals surface area contributed by atoms with E-state index in [0.29, 0.717) is 24.2 Å². The molecule has 0 bridgehead atoms. The summed E-state index contributed by atoms with van der Waals surface area (Å²) in [4.78, 5) is 56.1. The number of rotatable bonds is 11. The molecule has 0 fully saturated rings. The van der Waals surface area contributed by atoms with Gasteiger partial charge in [-0.05, 0) is 35.7 Å². The maximum Gasteiger partial charge on any atom is 0.326 e. The summed E-state index contributed by atoms with van der Waals surface area (Å²) in [6.45, 7) is 0.377. The van der Waals surface area contributed by atoms with Crippen LogP contribution in [-0.2, 0) is 17.6 Å². The number of carbonyl (C=O) groups is 2. The van der Waals surface area contributed by atoms with E-state index in [2.05, 4.69) is 25.9 Å². The van der Waals surface area contributed by atoms with Gasteiger partial charge in [0, 0.05) is 48.1 Å². The Morgan fingerprint density at radius 2 is 1.63 bits per heavy atom. The van der Waals surface area contributed by atoms with E-state index < -0.39 is 28.8 Å². The molecule has 0 aliphatic carbocycles. The highest BCUT2D eigenvalue weighted by Crippen LogP contribution is 2.25. The second-order valence-electron chi connectivity index (χ2n) is 9.31. The number of H-pyrrole nitrogens is 1. The molecule has 0 spiro atoms. The number of aromatic amines is 1. The van der Waals surface area contributed by atoms with Crippen molar-refractivity contribution in [3.05, 3.63) is 114 Å². The lowest BCUT2D eigenvalue weighted by molar-refractivity contribution is -0.137. The number of benzene rings is 2. The van der Waals surface area contributed by atoms with Gasteiger partial charge in [-0.3, -0.25) is 19.4 Å². The van der Waals surface area contributed by atoms with Crippen LogP contribution in [-0.4, -0.2) is 39.5 Å². The Morgan fingerprint density at radius 1 is 0.951 bits per heavy atom. The predicted molar refractivity (Wildman–Crippen MR) is 159 cm³/mol. The van der Waals surface area contributed by atoms with Gasteiger partial charge < -0.3 is 26.0 Å².